The lowest BCUT2D eigenvalue weighted by atomic mass is 10.1. The van der Waals surface area contributed by atoms with Gasteiger partial charge in [-0.15, -0.1) is 0 Å². The van der Waals surface area contributed by atoms with Crippen molar-refractivity contribution in [2.45, 2.75) is 20.3 Å². The van der Waals surface area contributed by atoms with E-state index < -0.39 is 0 Å². The van der Waals surface area contributed by atoms with Gasteiger partial charge in [-0.25, -0.2) is 0 Å². The molecule has 0 aromatic rings. The van der Waals surface area contributed by atoms with Crippen LogP contribution in [0.25, 0.3) is 0 Å². The molecule has 0 heterocycles. The highest BCUT2D eigenvalue weighted by Crippen LogP contribution is 2.21. The number of hydrogen-bond acceptors (Lipinski definition) is 0. The molecule has 0 bridgehead atoms. The van der Waals surface area contributed by atoms with Crippen LogP contribution in [0.15, 0.2) is 12.2 Å². The average Bonchev–Trinajstić information content (AvgIpc) is 1.87. The molecule has 0 fully saturated rings. The summed E-state index contributed by atoms with van der Waals surface area (Å²) >= 11 is 0. The van der Waals surface area contributed by atoms with Crippen molar-refractivity contribution >= 4 is 0 Å². The molecule has 0 N–H and O–H groups in total. The monoisotopic (exact) mass is 96.1 g/mol. The van der Waals surface area contributed by atoms with Gasteiger partial charge >= 0.3 is 0 Å². The van der Waals surface area contributed by atoms with Gasteiger partial charge in [0.15, 0.2) is 0 Å². The van der Waals surface area contributed by atoms with E-state index in [2.05, 4.69) is 26.0 Å². The molecule has 7 heavy (non-hydrogen) atoms. The van der Waals surface area contributed by atoms with Crippen LogP contribution < -0.4 is 0 Å². The van der Waals surface area contributed by atoms with Crippen LogP contribution in [0.2, 0.25) is 0 Å². The number of hydrogen-bond donors (Lipinski definition) is 0. The Morgan fingerprint density at radius 1 is 1.14 bits per heavy atom. The Hall–Kier alpha value is -0.260. The zero-order valence-electron chi connectivity index (χ0n) is 5.02. The third-order valence-corrected chi connectivity index (χ3v) is 1.51. The van der Waals surface area contributed by atoms with Crippen LogP contribution in [-0.2, 0) is 0 Å². The van der Waals surface area contributed by atoms with E-state index in [-0.39, 0.29) is 0 Å². The highest BCUT2D eigenvalue weighted by Gasteiger charge is 2.08. The summed E-state index contributed by atoms with van der Waals surface area (Å²) in [6.45, 7) is 4.53. The molecule has 0 radical (unpaired) electrons. The van der Waals surface area contributed by atoms with Crippen LogP contribution >= 0.6 is 0 Å². The van der Waals surface area contributed by atoms with Crippen LogP contribution in [0.3, 0.4) is 0 Å². The molecule has 2 atom stereocenters. The lowest BCUT2D eigenvalue weighted by Crippen LogP contribution is -1.86. The molecule has 1 aliphatic carbocycles. The smallest absolute Gasteiger partial charge is 0.0256 e. The molecule has 0 spiro atoms. The molecular weight excluding hydrogens is 84.1 g/mol. The molecule has 0 nitrogen and oxygen atoms in total. The quantitative estimate of drug-likeness (QED) is 0.406. The molecule has 0 saturated carbocycles. The molecule has 1 aliphatic rings. The molecule has 40 valence electrons. The molecule has 0 aromatic carbocycles. The topological polar surface area (TPSA) is 0 Å². The summed E-state index contributed by atoms with van der Waals surface area (Å²) < 4.78 is 0. The van der Waals surface area contributed by atoms with Gasteiger partial charge in [-0.3, -0.25) is 0 Å². The second kappa shape index (κ2) is 1.69. The Morgan fingerprint density at radius 3 is 1.71 bits per heavy atom. The fraction of sp³-hybridized carbons (Fsp3) is 0.714. The van der Waals surface area contributed by atoms with Crippen molar-refractivity contribution in [1.29, 1.82) is 0 Å². The van der Waals surface area contributed by atoms with Gasteiger partial charge in [0.05, 0.1) is 0 Å². The van der Waals surface area contributed by atoms with Gasteiger partial charge in [-0.2, -0.15) is 0 Å². The second-order valence-electron chi connectivity index (χ2n) is 2.58. The van der Waals surface area contributed by atoms with Crippen LogP contribution in [0.5, 0.6) is 0 Å². The zero-order chi connectivity index (χ0) is 5.28. The highest BCUT2D eigenvalue weighted by atomic mass is 14.1. The van der Waals surface area contributed by atoms with Crippen molar-refractivity contribution in [1.82, 2.24) is 0 Å². The summed E-state index contributed by atoms with van der Waals surface area (Å²) in [5, 5.41) is 0. The Kier molecular flexibility index (Phi) is 1.18. The maximum Gasteiger partial charge on any atom is -0.0256 e. The molecular formula is C7H12. The molecule has 0 saturated heterocycles. The molecule has 1 rings (SSSR count). The van der Waals surface area contributed by atoms with Gasteiger partial charge in [0.25, 0.3) is 0 Å². The molecule has 0 aromatic heterocycles. The summed E-state index contributed by atoms with van der Waals surface area (Å²) in [5.41, 5.74) is 0. The van der Waals surface area contributed by atoms with E-state index in [0.717, 1.165) is 11.8 Å². The minimum atomic E-state index is 0.843. The minimum absolute atomic E-state index is 0.843. The third kappa shape index (κ3) is 1.05. The Labute approximate surface area is 45.2 Å². The first kappa shape index (κ1) is 4.89. The first-order chi connectivity index (χ1) is 3.29. The largest absolute Gasteiger partial charge is 0.0854 e. The highest BCUT2D eigenvalue weighted by molar-refractivity contribution is 4.98. The van der Waals surface area contributed by atoms with E-state index >= 15 is 0 Å². The van der Waals surface area contributed by atoms with Crippen LogP contribution in [0.4, 0.5) is 0 Å². The molecule has 0 heteroatoms. The summed E-state index contributed by atoms with van der Waals surface area (Å²) in [7, 11) is 0. The Bertz CT molecular complexity index is 72.0. The predicted octanol–water partition coefficient (Wildman–Crippen LogP) is 2.22. The second-order valence-corrected chi connectivity index (χ2v) is 2.58. The van der Waals surface area contributed by atoms with Gasteiger partial charge in [0.1, 0.15) is 0 Å². The van der Waals surface area contributed by atoms with E-state index in [4.69, 9.17) is 0 Å². The van der Waals surface area contributed by atoms with Crippen molar-refractivity contribution in [3.63, 3.8) is 0 Å². The standard InChI is InChI=1S/C7H12/c1-6-3-4-7(2)5-6/h3-4,6-7H,5H2,1-2H3/t6-,7-/m0/s1. The van der Waals surface area contributed by atoms with Crippen molar-refractivity contribution < 1.29 is 0 Å². The van der Waals surface area contributed by atoms with E-state index in [0.29, 0.717) is 0 Å². The fourth-order valence-corrected chi connectivity index (χ4v) is 1.12. The van der Waals surface area contributed by atoms with Gasteiger partial charge in [-0.1, -0.05) is 26.0 Å². The minimum Gasteiger partial charge on any atom is -0.0854 e. The zero-order valence-corrected chi connectivity index (χ0v) is 5.02. The van der Waals surface area contributed by atoms with Crippen molar-refractivity contribution in [3.8, 4) is 0 Å². The van der Waals surface area contributed by atoms with Crippen LogP contribution in [0.1, 0.15) is 20.3 Å². The van der Waals surface area contributed by atoms with Crippen molar-refractivity contribution in [3.05, 3.63) is 12.2 Å². The average molecular weight is 96.2 g/mol. The van der Waals surface area contributed by atoms with E-state index in [9.17, 15) is 0 Å². The first-order valence-corrected chi connectivity index (χ1v) is 2.97. The Morgan fingerprint density at radius 2 is 1.57 bits per heavy atom. The van der Waals surface area contributed by atoms with E-state index in [1.165, 1.54) is 6.42 Å². The SMILES string of the molecule is C[C@H]1C=C[C@H](C)C1. The van der Waals surface area contributed by atoms with Crippen molar-refractivity contribution in [2.24, 2.45) is 11.8 Å². The normalized spacial score (nSPS) is 39.7. The number of allylic oxidation sites excluding steroid dienone is 2. The molecule has 0 amide bonds. The van der Waals surface area contributed by atoms with Crippen LogP contribution in [0, 0.1) is 11.8 Å². The summed E-state index contributed by atoms with van der Waals surface area (Å²) in [5.74, 6) is 1.69. The lowest BCUT2D eigenvalue weighted by Gasteiger charge is -1.97. The third-order valence-electron chi connectivity index (χ3n) is 1.51. The number of rotatable bonds is 0. The summed E-state index contributed by atoms with van der Waals surface area (Å²) in [6.07, 6.45) is 5.95. The van der Waals surface area contributed by atoms with Gasteiger partial charge < -0.3 is 0 Å². The van der Waals surface area contributed by atoms with Gasteiger partial charge in [0.2, 0.25) is 0 Å². The summed E-state index contributed by atoms with van der Waals surface area (Å²) in [4.78, 5) is 0. The first-order valence-electron chi connectivity index (χ1n) is 2.97. The summed E-state index contributed by atoms with van der Waals surface area (Å²) in [6, 6.07) is 0. The lowest BCUT2D eigenvalue weighted by molar-refractivity contribution is 0.591. The fourth-order valence-electron chi connectivity index (χ4n) is 1.12. The van der Waals surface area contributed by atoms with E-state index in [1.54, 1.807) is 0 Å². The van der Waals surface area contributed by atoms with Gasteiger partial charge in [0, 0.05) is 0 Å². The van der Waals surface area contributed by atoms with Gasteiger partial charge in [-0.05, 0) is 18.3 Å². The van der Waals surface area contributed by atoms with E-state index in [1.807, 2.05) is 0 Å². The maximum atomic E-state index is 2.30. The Balaban J connectivity index is 2.42. The van der Waals surface area contributed by atoms with Crippen LogP contribution in [-0.4, -0.2) is 0 Å². The maximum absolute atomic E-state index is 2.30. The molecule has 0 aliphatic heterocycles. The predicted molar refractivity (Wildman–Crippen MR) is 32.1 cm³/mol. The van der Waals surface area contributed by atoms with Crippen molar-refractivity contribution in [2.75, 3.05) is 0 Å². The molecule has 0 unspecified atom stereocenters.